The number of morpholine rings is 1. The lowest BCUT2D eigenvalue weighted by Crippen LogP contribution is -2.37. The zero-order valence-corrected chi connectivity index (χ0v) is 25.6. The molecule has 0 unspecified atom stereocenters. The monoisotopic (exact) mass is 608 g/mol. The van der Waals surface area contributed by atoms with Crippen LogP contribution in [0.2, 0.25) is 0 Å². The first kappa shape index (κ1) is 31.6. The molecule has 13 nitrogen and oxygen atoms in total. The second-order valence-corrected chi connectivity index (χ2v) is 10.3. The summed E-state index contributed by atoms with van der Waals surface area (Å²) >= 11 is 0. The van der Waals surface area contributed by atoms with E-state index < -0.39 is 6.03 Å². The van der Waals surface area contributed by atoms with Crippen LogP contribution in [0.1, 0.15) is 17.3 Å². The van der Waals surface area contributed by atoms with Crippen molar-refractivity contribution in [3.63, 3.8) is 0 Å². The fraction of sp³-hybridized carbons (Fsp3) is 0.379. The molecule has 3 heterocycles. The minimum absolute atomic E-state index is 0. The average Bonchev–Trinajstić information content (AvgIpc) is 3.43. The number of likely N-dealkylation sites (N-methyl/N-ethyl adjacent to an activating group) is 2. The Kier molecular flexibility index (Phi) is 10.5. The first-order chi connectivity index (χ1) is 20.3. The molecule has 0 atom stereocenters. The molecule has 1 saturated heterocycles. The van der Waals surface area contributed by atoms with E-state index in [2.05, 4.69) is 25.8 Å². The quantitative estimate of drug-likeness (QED) is 0.293. The van der Waals surface area contributed by atoms with Crippen molar-refractivity contribution in [2.24, 2.45) is 0 Å². The first-order valence-corrected chi connectivity index (χ1v) is 13.9. The third-order valence-electron chi connectivity index (χ3n) is 6.97. The van der Waals surface area contributed by atoms with Gasteiger partial charge in [-0.25, -0.2) is 19.4 Å². The van der Waals surface area contributed by atoms with Gasteiger partial charge in [0, 0.05) is 62.3 Å². The highest BCUT2D eigenvalue weighted by Gasteiger charge is 2.22. The van der Waals surface area contributed by atoms with Gasteiger partial charge in [0.1, 0.15) is 0 Å². The van der Waals surface area contributed by atoms with Gasteiger partial charge in [0.25, 0.3) is 5.91 Å². The number of hydrogen-bond acceptors (Lipinski definition) is 9. The number of aromatic nitrogens is 5. The Morgan fingerprint density at radius 3 is 2.14 bits per heavy atom. The van der Waals surface area contributed by atoms with Crippen molar-refractivity contribution in [1.29, 1.82) is 0 Å². The maximum absolute atomic E-state index is 12.7. The third-order valence-corrected chi connectivity index (χ3v) is 6.97. The lowest BCUT2D eigenvalue weighted by atomic mass is 10.2. The second kappa shape index (κ2) is 14.2. The molecule has 0 aliphatic carbocycles. The number of halogens is 1. The van der Waals surface area contributed by atoms with Crippen LogP contribution in [-0.2, 0) is 11.3 Å². The molecular weight excluding hydrogens is 572 g/mol. The zero-order valence-electron chi connectivity index (χ0n) is 24.8. The van der Waals surface area contributed by atoms with Crippen molar-refractivity contribution in [3.8, 4) is 11.4 Å². The van der Waals surface area contributed by atoms with Crippen LogP contribution in [0.15, 0.2) is 48.5 Å². The van der Waals surface area contributed by atoms with Crippen LogP contribution < -0.4 is 15.5 Å². The number of anilines is 3. The van der Waals surface area contributed by atoms with E-state index in [1.54, 1.807) is 53.0 Å². The summed E-state index contributed by atoms with van der Waals surface area (Å²) in [5.41, 5.74) is 3.91. The van der Waals surface area contributed by atoms with Gasteiger partial charge in [-0.3, -0.25) is 4.79 Å². The van der Waals surface area contributed by atoms with Gasteiger partial charge >= 0.3 is 6.03 Å². The molecule has 3 amide bonds. The highest BCUT2D eigenvalue weighted by atomic mass is 35.5. The predicted molar refractivity (Wildman–Crippen MR) is 169 cm³/mol. The Labute approximate surface area is 256 Å². The maximum Gasteiger partial charge on any atom is 0.323 e. The van der Waals surface area contributed by atoms with Gasteiger partial charge in [-0.2, -0.15) is 0 Å². The summed E-state index contributed by atoms with van der Waals surface area (Å²) in [6.07, 6.45) is 0. The van der Waals surface area contributed by atoms with Crippen molar-refractivity contribution in [3.05, 3.63) is 54.1 Å². The highest BCUT2D eigenvalue weighted by Crippen LogP contribution is 2.27. The number of ether oxygens (including phenoxy) is 1. The lowest BCUT2D eigenvalue weighted by Gasteiger charge is -2.27. The van der Waals surface area contributed by atoms with E-state index in [9.17, 15) is 9.59 Å². The summed E-state index contributed by atoms with van der Waals surface area (Å²) in [5, 5.41) is 14.2. The highest BCUT2D eigenvalue weighted by molar-refractivity contribution is 6.00. The van der Waals surface area contributed by atoms with Crippen molar-refractivity contribution in [1.82, 2.24) is 34.8 Å². The molecule has 228 valence electrons. The molecule has 0 saturated carbocycles. The van der Waals surface area contributed by atoms with Gasteiger partial charge < -0.3 is 30.1 Å². The number of carbonyl (C=O) groups is 2. The van der Waals surface area contributed by atoms with Gasteiger partial charge in [-0.15, -0.1) is 17.5 Å². The molecule has 14 heteroatoms. The molecule has 2 aromatic heterocycles. The number of hydrogen-bond donors (Lipinski definition) is 2. The van der Waals surface area contributed by atoms with Crippen molar-refractivity contribution in [2.75, 3.05) is 76.1 Å². The number of benzene rings is 2. The minimum Gasteiger partial charge on any atom is -0.378 e. The van der Waals surface area contributed by atoms with Crippen LogP contribution in [0.5, 0.6) is 0 Å². The van der Waals surface area contributed by atoms with E-state index in [4.69, 9.17) is 14.7 Å². The molecular formula is C29H37ClN10O3. The second-order valence-electron chi connectivity index (χ2n) is 10.3. The van der Waals surface area contributed by atoms with Gasteiger partial charge in [0.2, 0.25) is 0 Å². The molecule has 2 aromatic carbocycles. The van der Waals surface area contributed by atoms with Crippen molar-refractivity contribution < 1.29 is 14.3 Å². The number of fused-ring (bicyclic) bond motifs is 1. The van der Waals surface area contributed by atoms with E-state index in [0.717, 1.165) is 31.0 Å². The number of rotatable bonds is 9. The molecule has 2 N–H and O–H groups in total. The van der Waals surface area contributed by atoms with E-state index in [1.165, 1.54) is 0 Å². The number of urea groups is 1. The summed E-state index contributed by atoms with van der Waals surface area (Å²) in [7, 11) is 5.72. The van der Waals surface area contributed by atoms with Crippen LogP contribution in [0.25, 0.3) is 22.6 Å². The van der Waals surface area contributed by atoms with Gasteiger partial charge in [-0.1, -0.05) is 5.21 Å². The normalized spacial score (nSPS) is 13.1. The Balaban J connectivity index is 0.00000423. The SMILES string of the molecule is CCn1nnc2c(N3CCOCC3)nc(-c3ccc(NC(=O)Nc4ccc(C(=O)N(C)CCN(C)C)cc4)cc3)nc21.Cl. The first-order valence-electron chi connectivity index (χ1n) is 13.9. The Hall–Kier alpha value is -4.33. The van der Waals surface area contributed by atoms with Crippen LogP contribution in [-0.4, -0.2) is 107 Å². The number of aryl methyl sites for hydroxylation is 1. The lowest BCUT2D eigenvalue weighted by molar-refractivity contribution is 0.0786. The summed E-state index contributed by atoms with van der Waals surface area (Å²) < 4.78 is 7.27. The predicted octanol–water partition coefficient (Wildman–Crippen LogP) is 3.44. The largest absolute Gasteiger partial charge is 0.378 e. The molecule has 5 rings (SSSR count). The average molecular weight is 609 g/mol. The Bertz CT molecular complexity index is 1540. The number of nitrogens with one attached hydrogen (secondary N) is 2. The van der Waals surface area contributed by atoms with E-state index in [1.807, 2.05) is 38.1 Å². The Morgan fingerprint density at radius 1 is 0.907 bits per heavy atom. The molecule has 4 aromatic rings. The summed E-state index contributed by atoms with van der Waals surface area (Å²) in [5.74, 6) is 1.23. The molecule has 0 radical (unpaired) electrons. The molecule has 0 bridgehead atoms. The topological polar surface area (TPSA) is 134 Å². The van der Waals surface area contributed by atoms with Gasteiger partial charge in [-0.05, 0) is 69.6 Å². The fourth-order valence-electron chi connectivity index (χ4n) is 4.54. The minimum atomic E-state index is -0.393. The molecule has 1 aliphatic heterocycles. The standard InChI is InChI=1S/C29H36N10O3.ClH/c1-5-39-27-24(34-35-39)26(38-16-18-42-19-17-38)32-25(33-27)20-6-10-22(11-7-20)30-29(41)31-23-12-8-21(9-13-23)28(40)37(4)15-14-36(2)3;/h6-13H,5,14-19H2,1-4H3,(H2,30,31,41);1H. The van der Waals surface area contributed by atoms with E-state index in [-0.39, 0.29) is 18.3 Å². The maximum atomic E-state index is 12.7. The number of amides is 3. The van der Waals surface area contributed by atoms with E-state index in [0.29, 0.717) is 60.2 Å². The van der Waals surface area contributed by atoms with Crippen molar-refractivity contribution >= 4 is 52.7 Å². The third kappa shape index (κ3) is 7.55. The number of carbonyl (C=O) groups excluding carboxylic acids is 2. The van der Waals surface area contributed by atoms with E-state index >= 15 is 0 Å². The van der Waals surface area contributed by atoms with Crippen molar-refractivity contribution in [2.45, 2.75) is 13.5 Å². The van der Waals surface area contributed by atoms with Crippen LogP contribution in [0, 0.1) is 0 Å². The molecule has 0 spiro atoms. The fourth-order valence-corrected chi connectivity index (χ4v) is 4.54. The molecule has 43 heavy (non-hydrogen) atoms. The van der Waals surface area contributed by atoms with Crippen LogP contribution in [0.3, 0.4) is 0 Å². The van der Waals surface area contributed by atoms with Crippen LogP contribution >= 0.6 is 12.4 Å². The molecule has 1 aliphatic rings. The van der Waals surface area contributed by atoms with Gasteiger partial charge in [0.15, 0.2) is 22.8 Å². The zero-order chi connectivity index (χ0) is 29.6. The van der Waals surface area contributed by atoms with Crippen LogP contribution in [0.4, 0.5) is 22.0 Å². The summed E-state index contributed by atoms with van der Waals surface area (Å²) in [6, 6.07) is 13.8. The Morgan fingerprint density at radius 2 is 1.53 bits per heavy atom. The smallest absolute Gasteiger partial charge is 0.323 e. The summed E-state index contributed by atoms with van der Waals surface area (Å²) in [4.78, 5) is 40.8. The van der Waals surface area contributed by atoms with Gasteiger partial charge in [0.05, 0.1) is 13.2 Å². The molecule has 1 fully saturated rings. The number of nitrogens with zero attached hydrogens (tertiary/aromatic N) is 8. The summed E-state index contributed by atoms with van der Waals surface area (Å²) in [6.45, 7) is 6.73.